The molecule has 4 atom stereocenters. The largest absolute Gasteiger partial charge is 0.319 e. The maximum absolute atomic E-state index is 12.8. The minimum atomic E-state index is -0.0499. The molecule has 1 N–H and O–H groups in total. The van der Waals surface area contributed by atoms with Crippen molar-refractivity contribution in [3.63, 3.8) is 0 Å². The van der Waals surface area contributed by atoms with Crippen LogP contribution in [0.3, 0.4) is 0 Å². The van der Waals surface area contributed by atoms with Crippen LogP contribution in [0.15, 0.2) is 16.8 Å². The number of thiophene rings is 1. The molecule has 4 heteroatoms. The standard InChI is InChI=1S/C16H26N2OS/c1-6-11(4)14-16(19)18(12(5)10(2)3)15(17-14)13-7-8-20-9-13/h7-12,14-15,17H,6H2,1-5H3. The van der Waals surface area contributed by atoms with E-state index in [1.165, 1.54) is 5.56 Å². The maximum atomic E-state index is 12.8. The second-order valence-corrected chi connectivity index (χ2v) is 7.00. The van der Waals surface area contributed by atoms with Crippen molar-refractivity contribution in [2.75, 3.05) is 0 Å². The minimum absolute atomic E-state index is 0.0325. The Hall–Kier alpha value is -0.870. The Balaban J connectivity index is 2.30. The van der Waals surface area contributed by atoms with Crippen molar-refractivity contribution in [1.82, 2.24) is 10.2 Å². The highest BCUT2D eigenvalue weighted by Gasteiger charge is 2.44. The summed E-state index contributed by atoms with van der Waals surface area (Å²) >= 11 is 1.69. The lowest BCUT2D eigenvalue weighted by Crippen LogP contribution is -2.42. The highest BCUT2D eigenvalue weighted by molar-refractivity contribution is 7.07. The molecule has 1 aliphatic rings. The highest BCUT2D eigenvalue weighted by Crippen LogP contribution is 2.33. The van der Waals surface area contributed by atoms with Gasteiger partial charge < -0.3 is 4.90 Å². The summed E-state index contributed by atoms with van der Waals surface area (Å²) in [6.07, 6.45) is 1.05. The molecule has 0 bridgehead atoms. The van der Waals surface area contributed by atoms with Gasteiger partial charge in [-0.1, -0.05) is 34.1 Å². The Morgan fingerprint density at radius 1 is 1.35 bits per heavy atom. The maximum Gasteiger partial charge on any atom is 0.241 e. The Labute approximate surface area is 126 Å². The third kappa shape index (κ3) is 2.77. The summed E-state index contributed by atoms with van der Waals surface area (Å²) in [6, 6.07) is 2.31. The van der Waals surface area contributed by atoms with Crippen molar-refractivity contribution in [3.8, 4) is 0 Å². The van der Waals surface area contributed by atoms with Crippen LogP contribution in [-0.4, -0.2) is 22.9 Å². The molecule has 1 fully saturated rings. The zero-order valence-electron chi connectivity index (χ0n) is 13.1. The van der Waals surface area contributed by atoms with Gasteiger partial charge in [-0.05, 0) is 41.1 Å². The van der Waals surface area contributed by atoms with Gasteiger partial charge in [-0.2, -0.15) is 11.3 Å². The predicted octanol–water partition coefficient (Wildman–Crippen LogP) is 3.64. The van der Waals surface area contributed by atoms with Crippen LogP contribution in [0.2, 0.25) is 0 Å². The van der Waals surface area contributed by atoms with Gasteiger partial charge in [0.05, 0.1) is 6.04 Å². The van der Waals surface area contributed by atoms with E-state index in [1.807, 2.05) is 0 Å². The Morgan fingerprint density at radius 2 is 2.05 bits per heavy atom. The SMILES string of the molecule is CCC(C)C1NC(c2ccsc2)N(C(C)C(C)C)C1=O. The van der Waals surface area contributed by atoms with Crippen molar-refractivity contribution in [2.24, 2.45) is 11.8 Å². The highest BCUT2D eigenvalue weighted by atomic mass is 32.1. The number of hydrogen-bond donors (Lipinski definition) is 1. The van der Waals surface area contributed by atoms with Gasteiger partial charge in [0.25, 0.3) is 0 Å². The van der Waals surface area contributed by atoms with Crippen molar-refractivity contribution >= 4 is 17.2 Å². The fourth-order valence-electron chi connectivity index (χ4n) is 2.70. The Morgan fingerprint density at radius 3 is 2.55 bits per heavy atom. The number of rotatable bonds is 5. The van der Waals surface area contributed by atoms with Gasteiger partial charge in [0.15, 0.2) is 0 Å². The van der Waals surface area contributed by atoms with Crippen molar-refractivity contribution in [1.29, 1.82) is 0 Å². The zero-order valence-corrected chi connectivity index (χ0v) is 13.9. The molecule has 4 unspecified atom stereocenters. The number of nitrogens with zero attached hydrogens (tertiary/aromatic N) is 1. The van der Waals surface area contributed by atoms with Crippen molar-refractivity contribution in [3.05, 3.63) is 22.4 Å². The number of amides is 1. The van der Waals surface area contributed by atoms with Gasteiger partial charge in [0, 0.05) is 6.04 Å². The van der Waals surface area contributed by atoms with E-state index >= 15 is 0 Å². The van der Waals surface area contributed by atoms with E-state index in [1.54, 1.807) is 11.3 Å². The van der Waals surface area contributed by atoms with Crippen molar-refractivity contribution in [2.45, 2.75) is 59.3 Å². The summed E-state index contributed by atoms with van der Waals surface area (Å²) in [5, 5.41) is 7.79. The first-order valence-electron chi connectivity index (χ1n) is 7.57. The van der Waals surface area contributed by atoms with Gasteiger partial charge >= 0.3 is 0 Å². The first-order chi connectivity index (χ1) is 9.47. The topological polar surface area (TPSA) is 32.3 Å². The van der Waals surface area contributed by atoms with Gasteiger partial charge in [-0.3, -0.25) is 10.1 Å². The van der Waals surface area contributed by atoms with E-state index in [0.717, 1.165) is 6.42 Å². The molecular formula is C16H26N2OS. The van der Waals surface area contributed by atoms with Crippen LogP contribution in [-0.2, 0) is 4.79 Å². The second-order valence-electron chi connectivity index (χ2n) is 6.22. The monoisotopic (exact) mass is 294 g/mol. The summed E-state index contributed by atoms with van der Waals surface area (Å²) in [4.78, 5) is 14.9. The summed E-state index contributed by atoms with van der Waals surface area (Å²) in [7, 11) is 0. The van der Waals surface area contributed by atoms with Crippen LogP contribution in [0.25, 0.3) is 0 Å². The third-order valence-electron chi connectivity index (χ3n) is 4.61. The molecule has 0 aromatic carbocycles. The van der Waals surface area contributed by atoms with E-state index in [2.05, 4.69) is 61.7 Å². The minimum Gasteiger partial charge on any atom is -0.319 e. The number of carbonyl (C=O) groups excluding carboxylic acids is 1. The molecule has 1 saturated heterocycles. The molecule has 2 heterocycles. The van der Waals surface area contributed by atoms with Crippen LogP contribution >= 0.6 is 11.3 Å². The quantitative estimate of drug-likeness (QED) is 0.899. The summed E-state index contributed by atoms with van der Waals surface area (Å²) < 4.78 is 0. The molecule has 1 amide bonds. The Bertz CT molecular complexity index is 443. The lowest BCUT2D eigenvalue weighted by atomic mass is 9.98. The van der Waals surface area contributed by atoms with Crippen LogP contribution < -0.4 is 5.32 Å². The molecular weight excluding hydrogens is 268 g/mol. The van der Waals surface area contributed by atoms with E-state index in [9.17, 15) is 4.79 Å². The molecule has 2 rings (SSSR count). The summed E-state index contributed by atoms with van der Waals surface area (Å²) in [6.45, 7) is 10.8. The molecule has 0 saturated carbocycles. The molecule has 0 radical (unpaired) electrons. The second kappa shape index (κ2) is 6.27. The van der Waals surface area contributed by atoms with Crippen LogP contribution in [0, 0.1) is 11.8 Å². The molecule has 0 spiro atoms. The van der Waals surface area contributed by atoms with Crippen molar-refractivity contribution < 1.29 is 4.79 Å². The Kier molecular flexibility index (Phi) is 4.86. The zero-order chi connectivity index (χ0) is 14.9. The average molecular weight is 294 g/mol. The molecule has 0 aliphatic carbocycles. The molecule has 1 aromatic heterocycles. The van der Waals surface area contributed by atoms with E-state index < -0.39 is 0 Å². The lowest BCUT2D eigenvalue weighted by Gasteiger charge is -2.32. The summed E-state index contributed by atoms with van der Waals surface area (Å²) in [5.74, 6) is 1.09. The molecule has 20 heavy (non-hydrogen) atoms. The molecule has 3 nitrogen and oxygen atoms in total. The van der Waals surface area contributed by atoms with Crippen LogP contribution in [0.5, 0.6) is 0 Å². The van der Waals surface area contributed by atoms with Gasteiger partial charge in [-0.25, -0.2) is 0 Å². The number of nitrogens with one attached hydrogen (secondary N) is 1. The summed E-state index contributed by atoms with van der Waals surface area (Å²) in [5.41, 5.74) is 1.21. The number of carbonyl (C=O) groups is 1. The molecule has 1 aromatic rings. The van der Waals surface area contributed by atoms with E-state index in [4.69, 9.17) is 0 Å². The fraction of sp³-hybridized carbons (Fsp3) is 0.688. The van der Waals surface area contributed by atoms with Gasteiger partial charge in [0.1, 0.15) is 6.17 Å². The number of hydrogen-bond acceptors (Lipinski definition) is 3. The third-order valence-corrected chi connectivity index (χ3v) is 5.31. The van der Waals surface area contributed by atoms with E-state index in [-0.39, 0.29) is 24.2 Å². The molecule has 112 valence electrons. The fourth-order valence-corrected chi connectivity index (χ4v) is 3.38. The van der Waals surface area contributed by atoms with Crippen LogP contribution in [0.4, 0.5) is 0 Å². The van der Waals surface area contributed by atoms with E-state index in [0.29, 0.717) is 11.8 Å². The van der Waals surface area contributed by atoms with Gasteiger partial charge in [-0.15, -0.1) is 0 Å². The normalized spacial score (nSPS) is 26.3. The smallest absolute Gasteiger partial charge is 0.241 e. The molecule has 1 aliphatic heterocycles. The lowest BCUT2D eigenvalue weighted by molar-refractivity contribution is -0.133. The van der Waals surface area contributed by atoms with Crippen LogP contribution in [0.1, 0.15) is 52.8 Å². The first kappa shape index (κ1) is 15.5. The first-order valence-corrected chi connectivity index (χ1v) is 8.52. The predicted molar refractivity (Wildman–Crippen MR) is 84.6 cm³/mol. The van der Waals surface area contributed by atoms with Gasteiger partial charge in [0.2, 0.25) is 5.91 Å². The average Bonchev–Trinajstić information content (AvgIpc) is 3.04.